The molecule has 0 saturated carbocycles. The van der Waals surface area contributed by atoms with Crippen molar-refractivity contribution in [3.05, 3.63) is 85.7 Å². The van der Waals surface area contributed by atoms with E-state index in [4.69, 9.17) is 16.3 Å². The van der Waals surface area contributed by atoms with Crippen LogP contribution in [0.3, 0.4) is 0 Å². The smallest absolute Gasteiger partial charge is 0.273 e. The molecule has 2 heterocycles. The van der Waals surface area contributed by atoms with Gasteiger partial charge in [0.15, 0.2) is 0 Å². The molecule has 10 heteroatoms. The van der Waals surface area contributed by atoms with Gasteiger partial charge in [0, 0.05) is 22.0 Å². The molecular weight excluding hydrogens is 442 g/mol. The standard InChI is InChI=1S/C21H16ClN3O5S/c22-14-6-4-13(5-7-14)18-11-31-20-19(18)21(27)24(12-23-20)9-16(26)10-30-17-3-1-2-15(8-17)25(28)29/h1-8,11-12,16,26H,9-10H2/t16-/m1/s1. The monoisotopic (exact) mass is 457 g/mol. The Bertz CT molecular complexity index is 1300. The fourth-order valence-electron chi connectivity index (χ4n) is 3.10. The molecule has 0 saturated heterocycles. The van der Waals surface area contributed by atoms with E-state index >= 15 is 0 Å². The van der Waals surface area contributed by atoms with Crippen LogP contribution in [0, 0.1) is 10.1 Å². The van der Waals surface area contributed by atoms with Gasteiger partial charge in [-0.3, -0.25) is 19.5 Å². The Hall–Kier alpha value is -3.27. The van der Waals surface area contributed by atoms with Gasteiger partial charge in [0.05, 0.1) is 29.2 Å². The molecule has 2 aromatic carbocycles. The average Bonchev–Trinajstić information content (AvgIpc) is 3.20. The molecule has 4 rings (SSSR count). The maximum atomic E-state index is 13.1. The number of halogens is 1. The van der Waals surface area contributed by atoms with Crippen LogP contribution in [0.4, 0.5) is 5.69 Å². The summed E-state index contributed by atoms with van der Waals surface area (Å²) in [7, 11) is 0. The summed E-state index contributed by atoms with van der Waals surface area (Å²) in [6.07, 6.45) is 0.373. The zero-order valence-electron chi connectivity index (χ0n) is 16.0. The van der Waals surface area contributed by atoms with Crippen molar-refractivity contribution in [1.82, 2.24) is 9.55 Å². The molecule has 0 aliphatic rings. The minimum atomic E-state index is -1.02. The molecule has 0 fully saturated rings. The lowest BCUT2D eigenvalue weighted by Gasteiger charge is -2.14. The van der Waals surface area contributed by atoms with Gasteiger partial charge in [0.1, 0.15) is 23.3 Å². The highest BCUT2D eigenvalue weighted by atomic mass is 35.5. The highest BCUT2D eigenvalue weighted by Gasteiger charge is 2.16. The number of benzene rings is 2. The summed E-state index contributed by atoms with van der Waals surface area (Å²) in [5.41, 5.74) is 1.23. The summed E-state index contributed by atoms with van der Waals surface area (Å²) in [6, 6.07) is 12.9. The second kappa shape index (κ2) is 8.84. The lowest BCUT2D eigenvalue weighted by molar-refractivity contribution is -0.384. The minimum Gasteiger partial charge on any atom is -0.491 e. The molecule has 0 amide bonds. The summed E-state index contributed by atoms with van der Waals surface area (Å²) in [6.45, 7) is -0.175. The van der Waals surface area contributed by atoms with E-state index in [-0.39, 0.29) is 30.1 Å². The van der Waals surface area contributed by atoms with Crippen molar-refractivity contribution in [2.45, 2.75) is 12.6 Å². The lowest BCUT2D eigenvalue weighted by Crippen LogP contribution is -2.30. The van der Waals surface area contributed by atoms with Gasteiger partial charge in [-0.15, -0.1) is 11.3 Å². The topological polar surface area (TPSA) is 107 Å². The number of rotatable bonds is 7. The molecule has 0 radical (unpaired) electrons. The highest BCUT2D eigenvalue weighted by Crippen LogP contribution is 2.31. The summed E-state index contributed by atoms with van der Waals surface area (Å²) in [4.78, 5) is 28.3. The van der Waals surface area contributed by atoms with Crippen LogP contribution in [-0.4, -0.2) is 32.3 Å². The molecule has 31 heavy (non-hydrogen) atoms. The van der Waals surface area contributed by atoms with Crippen LogP contribution in [0.25, 0.3) is 21.3 Å². The van der Waals surface area contributed by atoms with Gasteiger partial charge in [0.25, 0.3) is 11.2 Å². The largest absolute Gasteiger partial charge is 0.491 e. The van der Waals surface area contributed by atoms with Crippen molar-refractivity contribution in [2.24, 2.45) is 0 Å². The average molecular weight is 458 g/mol. The summed E-state index contributed by atoms with van der Waals surface area (Å²) >= 11 is 7.32. The second-order valence-corrected chi connectivity index (χ2v) is 8.05. The maximum Gasteiger partial charge on any atom is 0.273 e. The number of hydrogen-bond donors (Lipinski definition) is 1. The van der Waals surface area contributed by atoms with E-state index in [1.165, 1.54) is 40.4 Å². The van der Waals surface area contributed by atoms with Crippen molar-refractivity contribution < 1.29 is 14.8 Å². The Morgan fingerprint density at radius 2 is 2.03 bits per heavy atom. The quantitative estimate of drug-likeness (QED) is 0.330. The van der Waals surface area contributed by atoms with Crippen LogP contribution in [-0.2, 0) is 6.54 Å². The van der Waals surface area contributed by atoms with Gasteiger partial charge in [0.2, 0.25) is 0 Å². The molecule has 2 aromatic heterocycles. The molecule has 0 aliphatic heterocycles. The Morgan fingerprint density at radius 3 is 2.77 bits per heavy atom. The zero-order valence-corrected chi connectivity index (χ0v) is 17.5. The first-order valence-electron chi connectivity index (χ1n) is 9.20. The van der Waals surface area contributed by atoms with Crippen molar-refractivity contribution in [2.75, 3.05) is 6.61 Å². The number of thiophene rings is 1. The van der Waals surface area contributed by atoms with Crippen LogP contribution in [0.15, 0.2) is 65.0 Å². The molecule has 158 valence electrons. The van der Waals surface area contributed by atoms with E-state index in [1.807, 2.05) is 17.5 Å². The van der Waals surface area contributed by atoms with E-state index in [0.29, 0.717) is 15.2 Å². The summed E-state index contributed by atoms with van der Waals surface area (Å²) < 4.78 is 6.78. The summed E-state index contributed by atoms with van der Waals surface area (Å²) in [5.74, 6) is 0.261. The number of aliphatic hydroxyl groups excluding tert-OH is 1. The van der Waals surface area contributed by atoms with Crippen molar-refractivity contribution >= 4 is 38.8 Å². The number of non-ortho nitro benzene ring substituents is 1. The van der Waals surface area contributed by atoms with E-state index in [2.05, 4.69) is 4.98 Å². The fourth-order valence-corrected chi connectivity index (χ4v) is 4.13. The van der Waals surface area contributed by atoms with E-state index in [1.54, 1.807) is 18.2 Å². The molecule has 1 N–H and O–H groups in total. The third-order valence-electron chi connectivity index (χ3n) is 4.59. The molecule has 4 aromatic rings. The van der Waals surface area contributed by atoms with Crippen molar-refractivity contribution in [3.63, 3.8) is 0 Å². The molecule has 1 atom stereocenters. The molecular formula is C21H16ClN3O5S. The number of ether oxygens (including phenoxy) is 1. The predicted molar refractivity (Wildman–Crippen MR) is 119 cm³/mol. The number of aromatic nitrogens is 2. The Labute approximate surface area is 185 Å². The molecule has 0 aliphatic carbocycles. The van der Waals surface area contributed by atoms with Gasteiger partial charge >= 0.3 is 0 Å². The lowest BCUT2D eigenvalue weighted by atomic mass is 10.1. The van der Waals surface area contributed by atoms with Gasteiger partial charge in [-0.2, -0.15) is 0 Å². The third-order valence-corrected chi connectivity index (χ3v) is 5.73. The van der Waals surface area contributed by atoms with E-state index in [9.17, 15) is 20.0 Å². The Balaban J connectivity index is 1.53. The van der Waals surface area contributed by atoms with Crippen LogP contribution in [0.5, 0.6) is 5.75 Å². The number of nitrogens with zero attached hydrogens (tertiary/aromatic N) is 3. The molecule has 0 spiro atoms. The van der Waals surface area contributed by atoms with Gasteiger partial charge in [-0.1, -0.05) is 29.8 Å². The van der Waals surface area contributed by atoms with Crippen molar-refractivity contribution in [3.8, 4) is 16.9 Å². The second-order valence-electron chi connectivity index (χ2n) is 6.76. The number of hydrogen-bond acceptors (Lipinski definition) is 7. The van der Waals surface area contributed by atoms with Crippen LogP contribution in [0.2, 0.25) is 5.02 Å². The van der Waals surface area contributed by atoms with Gasteiger partial charge in [-0.05, 0) is 23.8 Å². The highest BCUT2D eigenvalue weighted by molar-refractivity contribution is 7.17. The first kappa shape index (κ1) is 21.0. The van der Waals surface area contributed by atoms with Crippen molar-refractivity contribution in [1.29, 1.82) is 0 Å². The Morgan fingerprint density at radius 1 is 1.26 bits per heavy atom. The molecule has 0 unspecified atom stereocenters. The minimum absolute atomic E-state index is 0.0351. The third kappa shape index (κ3) is 4.58. The first-order valence-corrected chi connectivity index (χ1v) is 10.5. The predicted octanol–water partition coefficient (Wildman–Crippen LogP) is 4.13. The SMILES string of the molecule is O=c1c2c(-c3ccc(Cl)cc3)csc2ncn1C[C@@H](O)COc1cccc([N+](=O)[O-])c1. The number of nitro benzene ring substituents is 1. The zero-order chi connectivity index (χ0) is 22.0. The maximum absolute atomic E-state index is 13.1. The number of fused-ring (bicyclic) bond motifs is 1. The van der Waals surface area contributed by atoms with Gasteiger partial charge < -0.3 is 9.84 Å². The Kier molecular flexibility index (Phi) is 5.99. The van der Waals surface area contributed by atoms with Gasteiger partial charge in [-0.25, -0.2) is 4.98 Å². The van der Waals surface area contributed by atoms with E-state index in [0.717, 1.165) is 11.1 Å². The van der Waals surface area contributed by atoms with E-state index < -0.39 is 11.0 Å². The number of nitro groups is 1. The van der Waals surface area contributed by atoms with Crippen LogP contribution >= 0.6 is 22.9 Å². The molecule has 8 nitrogen and oxygen atoms in total. The first-order chi connectivity index (χ1) is 14.9. The normalized spacial score (nSPS) is 12.1. The van der Waals surface area contributed by atoms with Crippen LogP contribution in [0.1, 0.15) is 0 Å². The van der Waals surface area contributed by atoms with Crippen LogP contribution < -0.4 is 10.3 Å². The summed E-state index contributed by atoms with van der Waals surface area (Å²) in [5, 5.41) is 24.1. The molecule has 0 bridgehead atoms. The fraction of sp³-hybridized carbons (Fsp3) is 0.143. The number of aliphatic hydroxyl groups is 1.